The predicted octanol–water partition coefficient (Wildman–Crippen LogP) is 4.22. The van der Waals surface area contributed by atoms with Crippen molar-refractivity contribution in [3.05, 3.63) is 5.51 Å². The average Bonchev–Trinajstić information content (AvgIpc) is 3.29. The van der Waals surface area contributed by atoms with E-state index in [1.54, 1.807) is 16.8 Å². The van der Waals surface area contributed by atoms with Crippen LogP contribution in [0.15, 0.2) is 5.51 Å². The van der Waals surface area contributed by atoms with E-state index in [4.69, 9.17) is 26.6 Å². The largest absolute Gasteiger partial charge is 0.500 e. The molecule has 0 aliphatic heterocycles. The van der Waals surface area contributed by atoms with Crippen molar-refractivity contribution >= 4 is 34.1 Å². The summed E-state index contributed by atoms with van der Waals surface area (Å²) in [6, 6.07) is 1.54. The lowest BCUT2D eigenvalue weighted by molar-refractivity contribution is 0.0705. The van der Waals surface area contributed by atoms with E-state index < -0.39 is 17.6 Å². The summed E-state index contributed by atoms with van der Waals surface area (Å²) in [6.07, 6.45) is 1.77. The molecule has 0 atom stereocenters. The average molecular weight is 510 g/mol. The molecule has 0 radical (unpaired) electrons. The van der Waals surface area contributed by atoms with Gasteiger partial charge in [-0.05, 0) is 54.4 Å². The van der Waals surface area contributed by atoms with Gasteiger partial charge in [-0.2, -0.15) is 0 Å². The monoisotopic (exact) mass is 509 g/mol. The minimum absolute atomic E-state index is 0.589. The fourth-order valence-electron chi connectivity index (χ4n) is 3.58. The number of aromatic nitrogens is 2. The van der Waals surface area contributed by atoms with Gasteiger partial charge in [-0.3, -0.25) is 0 Å². The number of rotatable bonds is 21. The van der Waals surface area contributed by atoms with Crippen LogP contribution in [0.5, 0.6) is 0 Å². The number of hydrogen-bond donors (Lipinski definition) is 0. The smallest absolute Gasteiger partial charge is 0.374 e. The Balaban J connectivity index is 2.76. The summed E-state index contributed by atoms with van der Waals surface area (Å²) in [5, 5.41) is 9.24. The highest BCUT2D eigenvalue weighted by molar-refractivity contribution is 7.13. The SMILES string of the molecule is CCO[Si](CCCN(CCC[Si](OCC)(OCC)OCC)c1nncs1)(OCC)OCC. The third-order valence-corrected chi connectivity index (χ3v) is 11.7. The lowest BCUT2D eigenvalue weighted by atomic mass is 10.4. The van der Waals surface area contributed by atoms with Crippen LogP contribution in [0.3, 0.4) is 0 Å². The summed E-state index contributed by atoms with van der Waals surface area (Å²) in [7, 11) is -5.31. The van der Waals surface area contributed by atoms with E-state index in [0.29, 0.717) is 39.6 Å². The molecule has 0 unspecified atom stereocenters. The van der Waals surface area contributed by atoms with E-state index in [9.17, 15) is 0 Å². The maximum absolute atomic E-state index is 6.00. The normalized spacial score (nSPS) is 12.4. The summed E-state index contributed by atoms with van der Waals surface area (Å²) in [6.45, 7) is 17.1. The van der Waals surface area contributed by atoms with Gasteiger partial charge in [0, 0.05) is 64.8 Å². The van der Waals surface area contributed by atoms with Crippen molar-refractivity contribution in [2.75, 3.05) is 57.6 Å². The first-order valence-corrected chi connectivity index (χ1v) is 16.6. The van der Waals surface area contributed by atoms with Gasteiger partial charge < -0.3 is 31.5 Å². The van der Waals surface area contributed by atoms with Gasteiger partial charge in [-0.25, -0.2) is 0 Å². The van der Waals surface area contributed by atoms with E-state index in [2.05, 4.69) is 15.1 Å². The summed E-state index contributed by atoms with van der Waals surface area (Å²) in [5.74, 6) is 0. The Hall–Kier alpha value is -0.446. The molecule has 0 aliphatic rings. The molecule has 12 heteroatoms. The van der Waals surface area contributed by atoms with E-state index in [1.807, 2.05) is 41.5 Å². The molecular formula is C20H43N3O6SSi2. The molecule has 9 nitrogen and oxygen atoms in total. The zero-order valence-electron chi connectivity index (χ0n) is 20.8. The van der Waals surface area contributed by atoms with Crippen molar-refractivity contribution < 1.29 is 26.6 Å². The van der Waals surface area contributed by atoms with E-state index in [1.165, 1.54) is 0 Å². The van der Waals surface area contributed by atoms with Gasteiger partial charge in [-0.1, -0.05) is 11.3 Å². The highest BCUT2D eigenvalue weighted by Gasteiger charge is 2.41. The maximum Gasteiger partial charge on any atom is 0.500 e. The Morgan fingerprint density at radius 1 is 0.688 bits per heavy atom. The molecule has 1 aromatic heterocycles. The van der Waals surface area contributed by atoms with Gasteiger partial charge in [-0.15, -0.1) is 10.2 Å². The number of anilines is 1. The van der Waals surface area contributed by atoms with Crippen LogP contribution >= 0.6 is 11.3 Å². The Bertz CT molecular complexity index is 508. The lowest BCUT2D eigenvalue weighted by Crippen LogP contribution is -2.47. The van der Waals surface area contributed by atoms with Gasteiger partial charge in [0.05, 0.1) is 0 Å². The van der Waals surface area contributed by atoms with Gasteiger partial charge in [0.2, 0.25) is 5.13 Å². The molecule has 0 saturated carbocycles. The molecule has 0 amide bonds. The molecule has 0 saturated heterocycles. The third-order valence-electron chi connectivity index (χ3n) is 4.63. The maximum atomic E-state index is 6.00. The van der Waals surface area contributed by atoms with Gasteiger partial charge in [0.15, 0.2) is 0 Å². The summed E-state index contributed by atoms with van der Waals surface area (Å²) in [4.78, 5) is 2.27. The summed E-state index contributed by atoms with van der Waals surface area (Å²) < 4.78 is 36.0. The van der Waals surface area contributed by atoms with Crippen LogP contribution in [0.25, 0.3) is 0 Å². The second kappa shape index (κ2) is 17.1. The minimum atomic E-state index is -2.65. The Labute approximate surface area is 200 Å². The highest BCUT2D eigenvalue weighted by atomic mass is 32.1. The molecule has 1 rings (SSSR count). The molecule has 0 aromatic carbocycles. The Morgan fingerprint density at radius 2 is 1.06 bits per heavy atom. The third kappa shape index (κ3) is 10.2. The van der Waals surface area contributed by atoms with Crippen LogP contribution < -0.4 is 4.90 Å². The van der Waals surface area contributed by atoms with Crippen molar-refractivity contribution in [1.29, 1.82) is 0 Å². The number of hydrogen-bond acceptors (Lipinski definition) is 10. The van der Waals surface area contributed by atoms with Crippen molar-refractivity contribution in [2.24, 2.45) is 0 Å². The van der Waals surface area contributed by atoms with Crippen molar-refractivity contribution in [3.8, 4) is 0 Å². The fourth-order valence-corrected chi connectivity index (χ4v) is 9.39. The molecule has 32 heavy (non-hydrogen) atoms. The topological polar surface area (TPSA) is 84.4 Å². The zero-order chi connectivity index (χ0) is 23.7. The lowest BCUT2D eigenvalue weighted by Gasteiger charge is -2.31. The molecule has 0 spiro atoms. The van der Waals surface area contributed by atoms with Crippen LogP contribution in [0.2, 0.25) is 12.1 Å². The van der Waals surface area contributed by atoms with Crippen LogP contribution in [0, 0.1) is 0 Å². The molecule has 1 heterocycles. The van der Waals surface area contributed by atoms with Gasteiger partial charge in [0.25, 0.3) is 0 Å². The van der Waals surface area contributed by atoms with Crippen LogP contribution in [-0.4, -0.2) is 80.5 Å². The zero-order valence-corrected chi connectivity index (χ0v) is 23.6. The summed E-state index contributed by atoms with van der Waals surface area (Å²) >= 11 is 1.55. The highest BCUT2D eigenvalue weighted by Crippen LogP contribution is 2.24. The standard InChI is InChI=1S/C20H43N3O6SSi2/c1-7-24-31(25-8-2,26-9-3)17-13-15-23(20-22-21-19-30-20)16-14-18-32(27-10-4,28-11-5)29-12-6/h19H,7-18H2,1-6H3. The van der Waals surface area contributed by atoms with Gasteiger partial charge in [0.1, 0.15) is 5.51 Å². The van der Waals surface area contributed by atoms with Crippen LogP contribution in [-0.2, 0) is 26.6 Å². The van der Waals surface area contributed by atoms with E-state index in [0.717, 1.165) is 43.2 Å². The van der Waals surface area contributed by atoms with Crippen LogP contribution in [0.4, 0.5) is 5.13 Å². The number of nitrogens with zero attached hydrogens (tertiary/aromatic N) is 3. The Kier molecular flexibility index (Phi) is 15.8. The van der Waals surface area contributed by atoms with Crippen molar-refractivity contribution in [3.63, 3.8) is 0 Å². The molecule has 0 N–H and O–H groups in total. The van der Waals surface area contributed by atoms with Gasteiger partial charge >= 0.3 is 17.6 Å². The predicted molar refractivity (Wildman–Crippen MR) is 132 cm³/mol. The molecule has 1 aromatic rings. The summed E-state index contributed by atoms with van der Waals surface area (Å²) in [5.41, 5.74) is 1.77. The van der Waals surface area contributed by atoms with E-state index >= 15 is 0 Å². The molecular weight excluding hydrogens is 466 g/mol. The first-order valence-electron chi connectivity index (χ1n) is 11.9. The first kappa shape index (κ1) is 29.6. The second-order valence-corrected chi connectivity index (χ2v) is 13.2. The molecule has 0 bridgehead atoms. The van der Waals surface area contributed by atoms with Crippen LogP contribution in [0.1, 0.15) is 54.4 Å². The fraction of sp³-hybridized carbons (Fsp3) is 0.900. The Morgan fingerprint density at radius 3 is 1.34 bits per heavy atom. The minimum Gasteiger partial charge on any atom is -0.374 e. The molecule has 0 aliphatic carbocycles. The quantitative estimate of drug-likeness (QED) is 0.226. The second-order valence-electron chi connectivity index (χ2n) is 6.88. The van der Waals surface area contributed by atoms with E-state index in [-0.39, 0.29) is 0 Å². The van der Waals surface area contributed by atoms with Crippen molar-refractivity contribution in [1.82, 2.24) is 10.2 Å². The van der Waals surface area contributed by atoms with Crippen molar-refractivity contribution in [2.45, 2.75) is 66.5 Å². The molecule has 0 fully saturated rings. The first-order chi connectivity index (χ1) is 15.5. The molecule has 188 valence electrons.